The highest BCUT2D eigenvalue weighted by atomic mass is 16.5. The summed E-state index contributed by atoms with van der Waals surface area (Å²) in [5, 5.41) is 10.3. The fourth-order valence-corrected chi connectivity index (χ4v) is 2.65. The predicted molar refractivity (Wildman–Crippen MR) is 84.8 cm³/mol. The Morgan fingerprint density at radius 2 is 2.14 bits per heavy atom. The fourth-order valence-electron chi connectivity index (χ4n) is 2.65. The van der Waals surface area contributed by atoms with Crippen molar-refractivity contribution in [1.82, 2.24) is 15.1 Å². The number of rotatable bonds is 3. The van der Waals surface area contributed by atoms with Crippen LogP contribution in [0.1, 0.15) is 12.0 Å². The number of ether oxygens (including phenoxy) is 1. The number of carbonyl (C=O) groups excluding carboxylic acids is 1. The molecule has 0 saturated carbocycles. The average Bonchev–Trinajstić information content (AvgIpc) is 3.11. The number of aromatic nitrogens is 2. The number of nitrogens with one attached hydrogen (secondary N) is 2. The van der Waals surface area contributed by atoms with Gasteiger partial charge in [0.2, 0.25) is 0 Å². The zero-order valence-corrected chi connectivity index (χ0v) is 12.8. The molecular weight excluding hydrogens is 280 g/mol. The molecule has 1 aliphatic heterocycles. The topological polar surface area (TPSA) is 68.2 Å². The first-order chi connectivity index (χ1) is 10.6. The average molecular weight is 300 g/mol. The van der Waals surface area contributed by atoms with Crippen molar-refractivity contribution in [2.24, 2.45) is 7.05 Å². The van der Waals surface area contributed by atoms with Gasteiger partial charge < -0.3 is 10.1 Å². The molecule has 1 fully saturated rings. The lowest BCUT2D eigenvalue weighted by molar-refractivity contribution is 0.189. The molecule has 1 aromatic heterocycles. The molecule has 6 nitrogen and oxygen atoms in total. The summed E-state index contributed by atoms with van der Waals surface area (Å²) in [6, 6.07) is 9.80. The van der Waals surface area contributed by atoms with Crippen LogP contribution in [0.15, 0.2) is 30.3 Å². The van der Waals surface area contributed by atoms with Crippen molar-refractivity contribution >= 4 is 11.8 Å². The number of hydrogen-bond acceptors (Lipinski definition) is 3. The van der Waals surface area contributed by atoms with Crippen LogP contribution in [0.4, 0.5) is 10.6 Å². The number of benzene rings is 1. The molecule has 22 heavy (non-hydrogen) atoms. The largest absolute Gasteiger partial charge is 0.379 e. The molecule has 1 aliphatic rings. The molecule has 6 heteroatoms. The minimum absolute atomic E-state index is 0.0853. The molecule has 3 rings (SSSR count). The number of nitrogens with zero attached hydrogens (tertiary/aromatic N) is 2. The lowest BCUT2D eigenvalue weighted by Gasteiger charge is -2.12. The van der Waals surface area contributed by atoms with Crippen LogP contribution in [0, 0.1) is 6.92 Å². The minimum atomic E-state index is -0.221. The Morgan fingerprint density at radius 3 is 2.82 bits per heavy atom. The summed E-state index contributed by atoms with van der Waals surface area (Å²) >= 11 is 0. The smallest absolute Gasteiger partial charge is 0.320 e. The molecule has 2 amide bonds. The Bertz CT molecular complexity index is 660. The molecule has 0 bridgehead atoms. The summed E-state index contributed by atoms with van der Waals surface area (Å²) in [4.78, 5) is 12.1. The van der Waals surface area contributed by atoms with Crippen molar-refractivity contribution in [3.8, 4) is 11.3 Å². The van der Waals surface area contributed by atoms with E-state index in [0.717, 1.165) is 23.2 Å². The standard InChI is InChI=1S/C16H20N4O2/c1-11-14(12-6-4-3-5-7-12)19-20(2)15(11)18-16(21)17-13-8-9-22-10-13/h3-7,13H,8-10H2,1-2H3,(H2,17,18,21)/t13-/m1/s1. The van der Waals surface area contributed by atoms with Gasteiger partial charge in [0.15, 0.2) is 0 Å². The maximum atomic E-state index is 12.1. The van der Waals surface area contributed by atoms with E-state index in [-0.39, 0.29) is 12.1 Å². The molecule has 1 atom stereocenters. The van der Waals surface area contributed by atoms with Gasteiger partial charge in [0.05, 0.1) is 18.3 Å². The van der Waals surface area contributed by atoms with Crippen molar-refractivity contribution in [2.45, 2.75) is 19.4 Å². The van der Waals surface area contributed by atoms with Crippen molar-refractivity contribution in [2.75, 3.05) is 18.5 Å². The number of hydrogen-bond donors (Lipinski definition) is 2. The minimum Gasteiger partial charge on any atom is -0.379 e. The second-order valence-corrected chi connectivity index (χ2v) is 5.47. The van der Waals surface area contributed by atoms with Gasteiger partial charge in [-0.25, -0.2) is 4.79 Å². The van der Waals surface area contributed by atoms with E-state index in [9.17, 15) is 4.79 Å². The van der Waals surface area contributed by atoms with Gasteiger partial charge >= 0.3 is 6.03 Å². The van der Waals surface area contributed by atoms with Gasteiger partial charge in [-0.05, 0) is 13.3 Å². The summed E-state index contributed by atoms with van der Waals surface area (Å²) in [7, 11) is 1.83. The van der Waals surface area contributed by atoms with E-state index < -0.39 is 0 Å². The van der Waals surface area contributed by atoms with Gasteiger partial charge in [-0.15, -0.1) is 0 Å². The van der Waals surface area contributed by atoms with Crippen molar-refractivity contribution in [3.63, 3.8) is 0 Å². The highest BCUT2D eigenvalue weighted by Crippen LogP contribution is 2.27. The maximum Gasteiger partial charge on any atom is 0.320 e. The lowest BCUT2D eigenvalue weighted by Crippen LogP contribution is -2.38. The summed E-state index contributed by atoms with van der Waals surface area (Å²) in [5.41, 5.74) is 2.86. The summed E-state index contributed by atoms with van der Waals surface area (Å²) in [6.45, 7) is 3.24. The third-order valence-corrected chi connectivity index (χ3v) is 3.83. The highest BCUT2D eigenvalue weighted by Gasteiger charge is 2.20. The van der Waals surface area contributed by atoms with Crippen LogP contribution >= 0.6 is 0 Å². The fraction of sp³-hybridized carbons (Fsp3) is 0.375. The second kappa shape index (κ2) is 6.19. The molecule has 2 aromatic rings. The molecule has 2 N–H and O–H groups in total. The normalized spacial score (nSPS) is 17.5. The molecular formula is C16H20N4O2. The summed E-state index contributed by atoms with van der Waals surface area (Å²) < 4.78 is 6.95. The van der Waals surface area contributed by atoms with Crippen LogP contribution in [-0.4, -0.2) is 35.1 Å². The van der Waals surface area contributed by atoms with Gasteiger partial charge in [0, 0.05) is 24.8 Å². The number of anilines is 1. The van der Waals surface area contributed by atoms with Crippen molar-refractivity contribution in [3.05, 3.63) is 35.9 Å². The van der Waals surface area contributed by atoms with Crippen LogP contribution in [0.25, 0.3) is 11.3 Å². The Labute approximate surface area is 129 Å². The number of aryl methyl sites for hydroxylation is 1. The van der Waals surface area contributed by atoms with Gasteiger partial charge in [0.25, 0.3) is 0 Å². The Kier molecular flexibility index (Phi) is 4.11. The second-order valence-electron chi connectivity index (χ2n) is 5.47. The highest BCUT2D eigenvalue weighted by molar-refractivity contribution is 5.90. The van der Waals surface area contributed by atoms with Crippen LogP contribution in [-0.2, 0) is 11.8 Å². The zero-order valence-electron chi connectivity index (χ0n) is 12.8. The van der Waals surface area contributed by atoms with E-state index in [2.05, 4.69) is 15.7 Å². The van der Waals surface area contributed by atoms with E-state index in [0.29, 0.717) is 19.0 Å². The van der Waals surface area contributed by atoms with E-state index in [4.69, 9.17) is 4.74 Å². The first kappa shape index (κ1) is 14.6. The van der Waals surface area contributed by atoms with Crippen molar-refractivity contribution in [1.29, 1.82) is 0 Å². The summed E-state index contributed by atoms with van der Waals surface area (Å²) in [6.07, 6.45) is 0.854. The van der Waals surface area contributed by atoms with E-state index in [1.54, 1.807) is 4.68 Å². The van der Waals surface area contributed by atoms with Crippen molar-refractivity contribution < 1.29 is 9.53 Å². The molecule has 0 spiro atoms. The van der Waals surface area contributed by atoms with Crippen LogP contribution < -0.4 is 10.6 Å². The number of amides is 2. The zero-order chi connectivity index (χ0) is 15.5. The third-order valence-electron chi connectivity index (χ3n) is 3.83. The Balaban J connectivity index is 1.76. The summed E-state index contributed by atoms with van der Waals surface area (Å²) in [5.74, 6) is 0.704. The monoisotopic (exact) mass is 300 g/mol. The number of urea groups is 1. The Hall–Kier alpha value is -2.34. The quantitative estimate of drug-likeness (QED) is 0.914. The third kappa shape index (κ3) is 2.96. The molecule has 1 aromatic carbocycles. The van der Waals surface area contributed by atoms with Gasteiger partial charge in [-0.2, -0.15) is 5.10 Å². The first-order valence-electron chi connectivity index (χ1n) is 7.39. The molecule has 0 aliphatic carbocycles. The number of carbonyl (C=O) groups is 1. The van der Waals surface area contributed by atoms with Crippen LogP contribution in [0.3, 0.4) is 0 Å². The molecule has 0 unspecified atom stereocenters. The van der Waals surface area contributed by atoms with E-state index >= 15 is 0 Å². The molecule has 2 heterocycles. The molecule has 116 valence electrons. The van der Waals surface area contributed by atoms with E-state index in [1.165, 1.54) is 0 Å². The van der Waals surface area contributed by atoms with Gasteiger partial charge in [-0.1, -0.05) is 30.3 Å². The SMILES string of the molecule is Cc1c(-c2ccccc2)nn(C)c1NC(=O)N[C@@H]1CCOC1. The maximum absolute atomic E-state index is 12.1. The molecule has 1 saturated heterocycles. The predicted octanol–water partition coefficient (Wildman–Crippen LogP) is 2.31. The van der Waals surface area contributed by atoms with E-state index in [1.807, 2.05) is 44.3 Å². The molecule has 0 radical (unpaired) electrons. The Morgan fingerprint density at radius 1 is 1.36 bits per heavy atom. The first-order valence-corrected chi connectivity index (χ1v) is 7.39. The van der Waals surface area contributed by atoms with Crippen LogP contribution in [0.2, 0.25) is 0 Å². The van der Waals surface area contributed by atoms with Gasteiger partial charge in [-0.3, -0.25) is 10.00 Å². The van der Waals surface area contributed by atoms with Crippen LogP contribution in [0.5, 0.6) is 0 Å². The van der Waals surface area contributed by atoms with Gasteiger partial charge in [0.1, 0.15) is 5.82 Å². The lowest BCUT2D eigenvalue weighted by atomic mass is 10.1.